The average Bonchev–Trinajstić information content (AvgIpc) is 3.25. The molecule has 4 nitrogen and oxygen atoms in total. The van der Waals surface area contributed by atoms with Gasteiger partial charge in [0.25, 0.3) is 5.91 Å². The van der Waals surface area contributed by atoms with Gasteiger partial charge >= 0.3 is 0 Å². The molecule has 142 valence electrons. The molecule has 4 aromatic rings. The Morgan fingerprint density at radius 1 is 1.11 bits per heavy atom. The van der Waals surface area contributed by atoms with Crippen molar-refractivity contribution in [3.63, 3.8) is 0 Å². The maximum atomic E-state index is 13.2. The van der Waals surface area contributed by atoms with E-state index in [2.05, 4.69) is 41.6 Å². The lowest BCUT2D eigenvalue weighted by atomic mass is 10.1. The molecule has 0 fully saturated rings. The minimum atomic E-state index is -0.288. The fourth-order valence-electron chi connectivity index (χ4n) is 3.08. The molecule has 0 saturated heterocycles. The van der Waals surface area contributed by atoms with Crippen molar-refractivity contribution in [3.05, 3.63) is 82.1 Å². The fraction of sp³-hybridized carbons (Fsp3) is 0.182. The van der Waals surface area contributed by atoms with Crippen LogP contribution in [0, 0.1) is 19.7 Å². The highest BCUT2D eigenvalue weighted by Crippen LogP contribution is 2.30. The van der Waals surface area contributed by atoms with Gasteiger partial charge in [0.05, 0.1) is 16.3 Å². The van der Waals surface area contributed by atoms with E-state index in [0.717, 1.165) is 28.0 Å². The van der Waals surface area contributed by atoms with Crippen LogP contribution in [0.1, 0.15) is 26.5 Å². The topological polar surface area (TPSA) is 46.9 Å². The largest absolute Gasteiger partial charge is 0.351 e. The third-order valence-corrected chi connectivity index (χ3v) is 5.77. The number of hydrogen-bond acceptors (Lipinski definition) is 3. The van der Waals surface area contributed by atoms with Gasteiger partial charge in [-0.2, -0.15) is 5.10 Å². The molecule has 1 amide bonds. The molecule has 0 saturated carbocycles. The Morgan fingerprint density at radius 2 is 1.82 bits per heavy atom. The van der Waals surface area contributed by atoms with E-state index in [9.17, 15) is 9.18 Å². The SMILES string of the molecule is Cc1ccc(CCNC(=O)c2cc3c(C)nn(-c4ccc(F)cc4)c3s2)cc1. The number of aromatic nitrogens is 2. The van der Waals surface area contributed by atoms with E-state index in [-0.39, 0.29) is 11.7 Å². The van der Waals surface area contributed by atoms with E-state index in [4.69, 9.17) is 0 Å². The Hall–Kier alpha value is -2.99. The number of benzene rings is 2. The minimum Gasteiger partial charge on any atom is -0.351 e. The van der Waals surface area contributed by atoms with E-state index in [1.165, 1.54) is 34.6 Å². The normalized spacial score (nSPS) is 11.1. The molecule has 0 aliphatic rings. The van der Waals surface area contributed by atoms with Crippen LogP contribution < -0.4 is 5.32 Å². The summed E-state index contributed by atoms with van der Waals surface area (Å²) in [6.07, 6.45) is 0.791. The Bertz CT molecular complexity index is 1130. The number of hydrogen-bond donors (Lipinski definition) is 1. The first-order chi connectivity index (χ1) is 13.5. The smallest absolute Gasteiger partial charge is 0.261 e. The molecule has 6 heteroatoms. The van der Waals surface area contributed by atoms with Crippen LogP contribution in [0.3, 0.4) is 0 Å². The van der Waals surface area contributed by atoms with Crippen LogP contribution in [0.25, 0.3) is 15.9 Å². The Balaban J connectivity index is 1.51. The highest BCUT2D eigenvalue weighted by molar-refractivity contribution is 7.20. The van der Waals surface area contributed by atoms with Crippen molar-refractivity contribution in [1.29, 1.82) is 0 Å². The summed E-state index contributed by atoms with van der Waals surface area (Å²) in [4.78, 5) is 14.1. The maximum absolute atomic E-state index is 13.2. The zero-order valence-corrected chi connectivity index (χ0v) is 16.5. The van der Waals surface area contributed by atoms with E-state index in [1.54, 1.807) is 16.8 Å². The Morgan fingerprint density at radius 3 is 2.54 bits per heavy atom. The Kier molecular flexibility index (Phi) is 4.96. The summed E-state index contributed by atoms with van der Waals surface area (Å²) in [6.45, 7) is 4.55. The summed E-state index contributed by atoms with van der Waals surface area (Å²) in [5.74, 6) is -0.373. The van der Waals surface area contributed by atoms with E-state index in [0.29, 0.717) is 11.4 Å². The number of nitrogens with one attached hydrogen (secondary N) is 1. The van der Waals surface area contributed by atoms with E-state index >= 15 is 0 Å². The first-order valence-electron chi connectivity index (χ1n) is 9.10. The zero-order chi connectivity index (χ0) is 19.7. The van der Waals surface area contributed by atoms with Crippen molar-refractivity contribution >= 4 is 27.5 Å². The predicted molar refractivity (Wildman–Crippen MR) is 111 cm³/mol. The van der Waals surface area contributed by atoms with Gasteiger partial charge in [0, 0.05) is 11.9 Å². The number of halogens is 1. The van der Waals surface area contributed by atoms with Crippen LogP contribution in [0.5, 0.6) is 0 Å². The number of nitrogens with zero attached hydrogens (tertiary/aromatic N) is 2. The fourth-order valence-corrected chi connectivity index (χ4v) is 4.18. The standard InChI is InChI=1S/C22H20FN3OS/c1-14-3-5-16(6-4-14)11-12-24-21(27)20-13-19-15(2)25-26(22(19)28-20)18-9-7-17(23)8-10-18/h3-10,13H,11-12H2,1-2H3,(H,24,27). The molecule has 0 spiro atoms. The third-order valence-electron chi connectivity index (χ3n) is 4.66. The van der Waals surface area contributed by atoms with Gasteiger partial charge in [0.1, 0.15) is 10.6 Å². The van der Waals surface area contributed by atoms with Gasteiger partial charge in [-0.25, -0.2) is 9.07 Å². The van der Waals surface area contributed by atoms with Gasteiger partial charge in [-0.15, -0.1) is 11.3 Å². The molecule has 0 bridgehead atoms. The lowest BCUT2D eigenvalue weighted by molar-refractivity contribution is 0.0958. The molecule has 0 atom stereocenters. The van der Waals surface area contributed by atoms with Gasteiger partial charge in [-0.1, -0.05) is 29.8 Å². The highest BCUT2D eigenvalue weighted by Gasteiger charge is 2.17. The number of thiophene rings is 1. The van der Waals surface area contributed by atoms with Gasteiger partial charge in [-0.3, -0.25) is 4.79 Å². The van der Waals surface area contributed by atoms with Crippen LogP contribution in [-0.4, -0.2) is 22.2 Å². The van der Waals surface area contributed by atoms with Gasteiger partial charge in [0.15, 0.2) is 0 Å². The second kappa shape index (κ2) is 7.56. The molecule has 2 aromatic heterocycles. The van der Waals surface area contributed by atoms with Crippen LogP contribution in [0.15, 0.2) is 54.6 Å². The number of aryl methyl sites for hydroxylation is 2. The summed E-state index contributed by atoms with van der Waals surface area (Å²) < 4.78 is 15.0. The third kappa shape index (κ3) is 3.68. The Labute approximate surface area is 166 Å². The van der Waals surface area contributed by atoms with Crippen molar-refractivity contribution in [2.45, 2.75) is 20.3 Å². The second-order valence-corrected chi connectivity index (χ2v) is 7.83. The predicted octanol–water partition coefficient (Wildman–Crippen LogP) is 4.82. The van der Waals surface area contributed by atoms with Gasteiger partial charge < -0.3 is 5.32 Å². The number of fused-ring (bicyclic) bond motifs is 1. The van der Waals surface area contributed by atoms with Crippen molar-refractivity contribution in [2.24, 2.45) is 0 Å². The van der Waals surface area contributed by atoms with E-state index in [1.807, 2.05) is 13.0 Å². The minimum absolute atomic E-state index is 0.0848. The van der Waals surface area contributed by atoms with Gasteiger partial charge in [-0.05, 0) is 56.2 Å². The summed E-state index contributed by atoms with van der Waals surface area (Å²) in [7, 11) is 0. The highest BCUT2D eigenvalue weighted by atomic mass is 32.1. The number of rotatable bonds is 5. The van der Waals surface area contributed by atoms with Crippen LogP contribution in [0.2, 0.25) is 0 Å². The number of amides is 1. The molecule has 0 aliphatic heterocycles. The van der Waals surface area contributed by atoms with Crippen LogP contribution in [-0.2, 0) is 6.42 Å². The number of carbonyl (C=O) groups excluding carboxylic acids is 1. The molecule has 2 heterocycles. The zero-order valence-electron chi connectivity index (χ0n) is 15.7. The summed E-state index contributed by atoms with van der Waals surface area (Å²) in [5, 5.41) is 8.47. The van der Waals surface area contributed by atoms with Crippen LogP contribution >= 0.6 is 11.3 Å². The lowest BCUT2D eigenvalue weighted by Gasteiger charge is -2.05. The average molecular weight is 393 g/mol. The van der Waals surface area contributed by atoms with Crippen molar-refractivity contribution < 1.29 is 9.18 Å². The first-order valence-corrected chi connectivity index (χ1v) is 9.92. The molecule has 1 N–H and O–H groups in total. The molecule has 0 aliphatic carbocycles. The maximum Gasteiger partial charge on any atom is 0.261 e. The molecular weight excluding hydrogens is 373 g/mol. The van der Waals surface area contributed by atoms with E-state index < -0.39 is 0 Å². The molecule has 0 unspecified atom stereocenters. The van der Waals surface area contributed by atoms with Crippen LogP contribution in [0.4, 0.5) is 4.39 Å². The number of carbonyl (C=O) groups is 1. The van der Waals surface area contributed by atoms with Gasteiger partial charge in [0.2, 0.25) is 0 Å². The molecule has 28 heavy (non-hydrogen) atoms. The summed E-state index contributed by atoms with van der Waals surface area (Å²) >= 11 is 1.39. The monoisotopic (exact) mass is 393 g/mol. The van der Waals surface area contributed by atoms with Crippen molar-refractivity contribution in [1.82, 2.24) is 15.1 Å². The first kappa shape index (κ1) is 18.4. The second-order valence-electron chi connectivity index (χ2n) is 6.79. The van der Waals surface area contributed by atoms with Crippen molar-refractivity contribution in [3.8, 4) is 5.69 Å². The molecular formula is C22H20FN3OS. The lowest BCUT2D eigenvalue weighted by Crippen LogP contribution is -2.24. The molecule has 0 radical (unpaired) electrons. The van der Waals surface area contributed by atoms with Crippen molar-refractivity contribution in [2.75, 3.05) is 6.54 Å². The summed E-state index contributed by atoms with van der Waals surface area (Å²) in [5.41, 5.74) is 4.04. The molecule has 4 rings (SSSR count). The quantitative estimate of drug-likeness (QED) is 0.529. The summed E-state index contributed by atoms with van der Waals surface area (Å²) in [6, 6.07) is 16.4. The molecule has 2 aromatic carbocycles.